The summed E-state index contributed by atoms with van der Waals surface area (Å²) < 4.78 is 14.1. The van der Waals surface area contributed by atoms with Crippen LogP contribution in [0.1, 0.15) is 55.4 Å². The molecule has 0 bridgehead atoms. The second-order valence-corrected chi connectivity index (χ2v) is 27.2. The summed E-state index contributed by atoms with van der Waals surface area (Å²) >= 11 is 6.59. The van der Waals surface area contributed by atoms with Crippen molar-refractivity contribution in [1.82, 2.24) is 80.4 Å². The number of nitrogens with two attached hydrogens (primary N) is 5. The van der Waals surface area contributed by atoms with Crippen LogP contribution in [0.3, 0.4) is 0 Å². The Morgan fingerprint density at radius 1 is 0.402 bits per heavy atom. The Kier molecular flexibility index (Phi) is 20.9. The van der Waals surface area contributed by atoms with Crippen molar-refractivity contribution in [1.29, 1.82) is 0 Å². The highest BCUT2D eigenvalue weighted by atomic mass is 35.5. The number of tetrazole rings is 1. The van der Waals surface area contributed by atoms with E-state index in [1.165, 1.54) is 29.6 Å². The van der Waals surface area contributed by atoms with Crippen molar-refractivity contribution in [2.45, 2.75) is 55.4 Å². The fourth-order valence-electron chi connectivity index (χ4n) is 13.1. The van der Waals surface area contributed by atoms with Gasteiger partial charge in [0.1, 0.15) is 54.4 Å². The first kappa shape index (κ1) is 74.0. The van der Waals surface area contributed by atoms with Gasteiger partial charge in [-0.1, -0.05) is 125 Å². The molecule has 112 heavy (non-hydrogen) atoms. The van der Waals surface area contributed by atoms with Crippen LogP contribution in [0.5, 0.6) is 0 Å². The standard InChI is InChI=1S/C22H18FN5O.C22H18N8.C22H17N5.C21H17ClN4/c1-11-5-14(7-15(23)6-11)20-17(9-18(22(25)29)21(24)28-20)13-3-4-19-16(8-13)12(2)26-10-27-19;1-12-3-5-14(6-4-12)20-17(10-18(21(23)26-20)22-27-29-30-28-22)15-7-8-19-16(9-15)13(2)24-11-25-19;1-13-4-6-15(7-5-13)22-21(19(24-3)11-20(23)27-22)16-8-9-18-17(10-16)14(2)25-12-26-18;1-12-3-5-14(6-4-12)21-20(17(22)10-19(23)26-21)15-7-8-18-16(9-15)13(2)24-11-25-18/h3-10H,1-2H3,(H2,24,28)(H2,25,29);3-11H,1-2H3,(H2,23,26)(H,27,28,29,30);4-12H,1-2H3,(H2,23,27);3-11H,1-2H3,(H2,23,26). The van der Waals surface area contributed by atoms with E-state index >= 15 is 0 Å². The maximum absolute atomic E-state index is 14.1. The Bertz CT molecular complexity index is 6540. The quantitative estimate of drug-likeness (QED) is 0.0693. The number of anilines is 4. The van der Waals surface area contributed by atoms with E-state index in [0.717, 1.165) is 145 Å². The molecule has 0 aliphatic carbocycles. The third kappa shape index (κ3) is 15.7. The van der Waals surface area contributed by atoms with Crippen molar-refractivity contribution in [2.24, 2.45) is 5.73 Å². The number of pyridine rings is 4. The van der Waals surface area contributed by atoms with Crippen molar-refractivity contribution < 1.29 is 9.18 Å². The molecule has 8 aromatic carbocycles. The molecule has 9 heterocycles. The number of hydrogen-bond acceptors (Lipinski definition) is 20. The Morgan fingerprint density at radius 3 is 1.25 bits per heavy atom. The molecule has 9 aromatic heterocycles. The lowest BCUT2D eigenvalue weighted by atomic mass is 9.95. The molecule has 1 amide bonds. The number of fused-ring (bicyclic) bond motifs is 4. The van der Waals surface area contributed by atoms with Gasteiger partial charge in [-0.15, -0.1) is 10.2 Å². The Hall–Kier alpha value is -14.8. The average Bonchev–Trinajstić information content (AvgIpc) is 0.840. The molecule has 17 aromatic rings. The van der Waals surface area contributed by atoms with Gasteiger partial charge in [-0.25, -0.2) is 69.0 Å². The summed E-state index contributed by atoms with van der Waals surface area (Å²) in [7, 11) is 0. The number of amides is 1. The van der Waals surface area contributed by atoms with Gasteiger partial charge in [0, 0.05) is 83.3 Å². The van der Waals surface area contributed by atoms with Crippen molar-refractivity contribution in [3.63, 3.8) is 0 Å². The van der Waals surface area contributed by atoms with Crippen LogP contribution in [0.25, 0.3) is 149 Å². The first-order valence-corrected chi connectivity index (χ1v) is 35.5. The Labute approximate surface area is 647 Å². The highest BCUT2D eigenvalue weighted by Gasteiger charge is 2.23. The monoisotopic (exact) mass is 1490 g/mol. The van der Waals surface area contributed by atoms with Crippen LogP contribution in [0.15, 0.2) is 213 Å². The van der Waals surface area contributed by atoms with E-state index in [0.29, 0.717) is 62.1 Å². The molecule has 0 saturated heterocycles. The zero-order chi connectivity index (χ0) is 78.6. The topological polar surface area (TPSA) is 361 Å². The second kappa shape index (κ2) is 31.5. The molecule has 0 aliphatic rings. The molecule has 0 spiro atoms. The summed E-state index contributed by atoms with van der Waals surface area (Å²) in [5, 5.41) is 18.6. The highest BCUT2D eigenvalue weighted by molar-refractivity contribution is 6.34. The average molecular weight is 1490 g/mol. The van der Waals surface area contributed by atoms with Gasteiger partial charge in [0.25, 0.3) is 5.91 Å². The smallest absolute Gasteiger partial charge is 0.252 e. The van der Waals surface area contributed by atoms with E-state index in [1.54, 1.807) is 44.1 Å². The summed E-state index contributed by atoms with van der Waals surface area (Å²) in [5.41, 5.74) is 55.1. The van der Waals surface area contributed by atoms with Crippen LogP contribution >= 0.6 is 11.6 Å². The molecule has 23 nitrogen and oxygen atoms in total. The number of hydrogen-bond donors (Lipinski definition) is 6. The third-order valence-electron chi connectivity index (χ3n) is 18.9. The summed E-state index contributed by atoms with van der Waals surface area (Å²) in [6, 6.07) is 59.6. The molecule has 0 fully saturated rings. The predicted octanol–water partition coefficient (Wildman–Crippen LogP) is 17.9. The number of nitrogen functional groups attached to an aromatic ring is 4. The molecule has 0 atom stereocenters. The van der Waals surface area contributed by atoms with Crippen molar-refractivity contribution in [2.75, 3.05) is 22.9 Å². The van der Waals surface area contributed by atoms with Crippen LogP contribution in [0.4, 0.5) is 33.3 Å². The van der Waals surface area contributed by atoms with Crippen LogP contribution < -0.4 is 28.7 Å². The summed E-state index contributed by atoms with van der Waals surface area (Å²) in [6.45, 7) is 23.4. The maximum atomic E-state index is 14.1. The largest absolute Gasteiger partial charge is 0.385 e. The van der Waals surface area contributed by atoms with E-state index < -0.39 is 5.91 Å². The van der Waals surface area contributed by atoms with E-state index in [4.69, 9.17) is 51.8 Å². The van der Waals surface area contributed by atoms with Gasteiger partial charge >= 0.3 is 0 Å². The molecule has 17 rings (SSSR count). The number of rotatable bonds is 10. The summed E-state index contributed by atoms with van der Waals surface area (Å²) in [5.74, 6) is 0.411. The number of benzene rings is 8. The highest BCUT2D eigenvalue weighted by Crippen LogP contribution is 2.44. The van der Waals surface area contributed by atoms with Crippen LogP contribution in [-0.2, 0) is 0 Å². The maximum Gasteiger partial charge on any atom is 0.252 e. The molecule has 0 saturated carbocycles. The van der Waals surface area contributed by atoms with Crippen molar-refractivity contribution in [3.8, 4) is 101 Å². The van der Waals surface area contributed by atoms with Gasteiger partial charge in [0.05, 0.1) is 67.6 Å². The van der Waals surface area contributed by atoms with E-state index in [9.17, 15) is 9.18 Å². The number of H-pyrrole nitrogens is 1. The second-order valence-electron chi connectivity index (χ2n) is 26.8. The molecule has 11 N–H and O–H groups in total. The fourth-order valence-corrected chi connectivity index (χ4v) is 13.4. The van der Waals surface area contributed by atoms with Gasteiger partial charge in [-0.05, 0) is 185 Å². The first-order chi connectivity index (χ1) is 54.0. The normalized spacial score (nSPS) is 11.0. The first-order valence-electron chi connectivity index (χ1n) is 35.2. The van der Waals surface area contributed by atoms with E-state index in [-0.39, 0.29) is 17.2 Å². The third-order valence-corrected chi connectivity index (χ3v) is 19.2. The number of nitrogens with zero attached hydrogens (tertiary/aromatic N) is 16. The zero-order valence-electron chi connectivity index (χ0n) is 61.9. The molecule has 25 heteroatoms. The minimum absolute atomic E-state index is 0.00142. The zero-order valence-corrected chi connectivity index (χ0v) is 62.7. The van der Waals surface area contributed by atoms with E-state index in [2.05, 4.69) is 131 Å². The lowest BCUT2D eigenvalue weighted by Gasteiger charge is -2.14. The minimum atomic E-state index is -0.682. The Balaban J connectivity index is 0.000000124. The number of aryl methyl sites for hydroxylation is 8. The number of halogens is 2. The van der Waals surface area contributed by atoms with Gasteiger partial charge in [-0.2, -0.15) is 5.21 Å². The molecule has 0 unspecified atom stereocenters. The van der Waals surface area contributed by atoms with Gasteiger partial charge in [-0.3, -0.25) is 4.79 Å². The molecule has 548 valence electrons. The number of carbonyl (C=O) groups is 1. The molecule has 0 radical (unpaired) electrons. The van der Waals surface area contributed by atoms with Crippen LogP contribution in [0, 0.1) is 67.8 Å². The molecule has 0 aliphatic heterocycles. The van der Waals surface area contributed by atoms with Crippen LogP contribution in [0.2, 0.25) is 5.02 Å². The van der Waals surface area contributed by atoms with Crippen molar-refractivity contribution in [3.05, 3.63) is 286 Å². The fraction of sp³-hybridized carbons (Fsp3) is 0.0920. The lowest BCUT2D eigenvalue weighted by molar-refractivity contribution is 0.100. The number of aromatic nitrogens is 16. The summed E-state index contributed by atoms with van der Waals surface area (Å²) in [6.07, 6.45) is 6.22. The van der Waals surface area contributed by atoms with Gasteiger partial charge in [0.2, 0.25) is 11.5 Å². The number of aromatic amines is 1. The lowest BCUT2D eigenvalue weighted by Crippen LogP contribution is -2.15. The summed E-state index contributed by atoms with van der Waals surface area (Å²) in [4.78, 5) is 68.2. The van der Waals surface area contributed by atoms with Crippen molar-refractivity contribution >= 4 is 90.1 Å². The predicted molar refractivity (Wildman–Crippen MR) is 441 cm³/mol. The number of nitrogens with one attached hydrogen (secondary N) is 1. The van der Waals surface area contributed by atoms with E-state index in [1.807, 2.05) is 156 Å². The SMILES string of the molecule is Cc1cc(F)cc(-c2nc(N)c(C(N)=O)cc2-c2ccc3ncnc(C)c3c2)c1.Cc1ccc(-c2nc(N)c(-c3nn[nH]n3)cc2-c2ccc3ncnc(C)c3c2)cc1.Cc1ccc(-c2nc(N)cc(Cl)c2-c2ccc3ncnc(C)c3c2)cc1.[C-]#[N+]c1cc(N)nc(-c2ccc(C)cc2)c1-c1ccc2ncnc(C)c2c1. The number of primary amides is 1. The van der Waals surface area contributed by atoms with Gasteiger partial charge in [0.15, 0.2) is 0 Å². The molecular formula is C87H70ClFN22O. The van der Waals surface area contributed by atoms with Gasteiger partial charge < -0.3 is 28.7 Å². The minimum Gasteiger partial charge on any atom is -0.385 e. The van der Waals surface area contributed by atoms with Crippen LogP contribution in [-0.4, -0.2) is 86.3 Å². The molecular weight excluding hydrogens is 1420 g/mol. The Morgan fingerprint density at radius 2 is 0.804 bits per heavy atom. The number of carbonyl (C=O) groups excluding carboxylic acids is 1.